The molecule has 5 nitrogen and oxygen atoms in total. The topological polar surface area (TPSA) is 46.5 Å². The van der Waals surface area contributed by atoms with Crippen molar-refractivity contribution in [3.05, 3.63) is 36.0 Å². The normalized spacial score (nSPS) is 16.4. The lowest BCUT2D eigenvalue weighted by Gasteiger charge is -2.31. The minimum atomic E-state index is 0.123. The SMILES string of the molecule is COCCN1CCC(CNC(=O)Cc2cn(C)c3ccccc23)CC1. The van der Waals surface area contributed by atoms with E-state index in [0.717, 1.165) is 51.2 Å². The summed E-state index contributed by atoms with van der Waals surface area (Å²) in [5.41, 5.74) is 2.28. The number of carbonyl (C=O) groups excluding carboxylic acids is 1. The van der Waals surface area contributed by atoms with Crippen molar-refractivity contribution < 1.29 is 9.53 Å². The molecule has 1 aliphatic rings. The fourth-order valence-electron chi connectivity index (χ4n) is 3.69. The third kappa shape index (κ3) is 4.61. The summed E-state index contributed by atoms with van der Waals surface area (Å²) >= 11 is 0. The number of carbonyl (C=O) groups is 1. The fourth-order valence-corrected chi connectivity index (χ4v) is 3.69. The van der Waals surface area contributed by atoms with E-state index in [4.69, 9.17) is 4.74 Å². The summed E-state index contributed by atoms with van der Waals surface area (Å²) in [6.45, 7) is 4.81. The second kappa shape index (κ2) is 8.50. The number of nitrogens with zero attached hydrogens (tertiary/aromatic N) is 2. The maximum atomic E-state index is 12.4. The first kappa shape index (κ1) is 18.0. The first-order valence-electron chi connectivity index (χ1n) is 9.18. The van der Waals surface area contributed by atoms with Crippen LogP contribution in [0.4, 0.5) is 0 Å². The predicted octanol–water partition coefficient (Wildman–Crippen LogP) is 2.20. The van der Waals surface area contributed by atoms with Gasteiger partial charge in [0.25, 0.3) is 0 Å². The van der Waals surface area contributed by atoms with Crippen molar-refractivity contribution in [2.24, 2.45) is 13.0 Å². The average Bonchev–Trinajstić information content (AvgIpc) is 2.95. The van der Waals surface area contributed by atoms with Crippen molar-refractivity contribution in [1.29, 1.82) is 0 Å². The van der Waals surface area contributed by atoms with Crippen molar-refractivity contribution >= 4 is 16.8 Å². The minimum Gasteiger partial charge on any atom is -0.383 e. The largest absolute Gasteiger partial charge is 0.383 e. The molecular formula is C20H29N3O2. The zero-order valence-electron chi connectivity index (χ0n) is 15.3. The highest BCUT2D eigenvalue weighted by Gasteiger charge is 2.19. The number of likely N-dealkylation sites (tertiary alicyclic amines) is 1. The Morgan fingerprint density at radius 2 is 2.04 bits per heavy atom. The highest BCUT2D eigenvalue weighted by Crippen LogP contribution is 2.21. The van der Waals surface area contributed by atoms with Gasteiger partial charge in [-0.25, -0.2) is 0 Å². The van der Waals surface area contributed by atoms with Gasteiger partial charge in [-0.2, -0.15) is 0 Å². The molecule has 5 heteroatoms. The number of aromatic nitrogens is 1. The summed E-state index contributed by atoms with van der Waals surface area (Å²) < 4.78 is 7.23. The number of nitrogens with one attached hydrogen (secondary N) is 1. The summed E-state index contributed by atoms with van der Waals surface area (Å²) in [4.78, 5) is 14.8. The van der Waals surface area contributed by atoms with E-state index in [1.165, 1.54) is 10.9 Å². The monoisotopic (exact) mass is 343 g/mol. The number of benzene rings is 1. The van der Waals surface area contributed by atoms with Crippen molar-refractivity contribution in [1.82, 2.24) is 14.8 Å². The van der Waals surface area contributed by atoms with Gasteiger partial charge < -0.3 is 19.5 Å². The molecule has 136 valence electrons. The van der Waals surface area contributed by atoms with Crippen molar-refractivity contribution in [2.45, 2.75) is 19.3 Å². The Labute approximate surface area is 149 Å². The molecule has 1 aromatic heterocycles. The van der Waals surface area contributed by atoms with E-state index in [1.54, 1.807) is 7.11 Å². The lowest BCUT2D eigenvalue weighted by molar-refractivity contribution is -0.120. The van der Waals surface area contributed by atoms with Crippen LogP contribution in [0.2, 0.25) is 0 Å². The predicted molar refractivity (Wildman–Crippen MR) is 101 cm³/mol. The molecule has 0 bridgehead atoms. The number of hydrogen-bond donors (Lipinski definition) is 1. The third-order valence-corrected chi connectivity index (χ3v) is 5.24. The minimum absolute atomic E-state index is 0.123. The van der Waals surface area contributed by atoms with E-state index in [1.807, 2.05) is 19.2 Å². The molecule has 2 aromatic rings. The molecule has 3 rings (SSSR count). The molecular weight excluding hydrogens is 314 g/mol. The van der Waals surface area contributed by atoms with Gasteiger partial charge in [-0.15, -0.1) is 0 Å². The highest BCUT2D eigenvalue weighted by atomic mass is 16.5. The quantitative estimate of drug-likeness (QED) is 0.838. The Bertz CT molecular complexity index is 702. The fraction of sp³-hybridized carbons (Fsp3) is 0.550. The molecule has 1 N–H and O–H groups in total. The van der Waals surface area contributed by atoms with E-state index < -0.39 is 0 Å². The van der Waals surface area contributed by atoms with E-state index in [0.29, 0.717) is 12.3 Å². The summed E-state index contributed by atoms with van der Waals surface area (Å²) in [7, 11) is 3.78. The van der Waals surface area contributed by atoms with E-state index in [9.17, 15) is 4.79 Å². The molecule has 0 radical (unpaired) electrons. The Morgan fingerprint density at radius 1 is 1.28 bits per heavy atom. The third-order valence-electron chi connectivity index (χ3n) is 5.24. The van der Waals surface area contributed by atoms with E-state index in [-0.39, 0.29) is 5.91 Å². The van der Waals surface area contributed by atoms with Crippen LogP contribution in [-0.2, 0) is 23.0 Å². The van der Waals surface area contributed by atoms with Crippen molar-refractivity contribution in [3.63, 3.8) is 0 Å². The maximum Gasteiger partial charge on any atom is 0.224 e. The van der Waals surface area contributed by atoms with Crippen LogP contribution >= 0.6 is 0 Å². The molecule has 1 aliphatic heterocycles. The number of hydrogen-bond acceptors (Lipinski definition) is 3. The first-order chi connectivity index (χ1) is 12.2. The van der Waals surface area contributed by atoms with E-state index >= 15 is 0 Å². The first-order valence-corrected chi connectivity index (χ1v) is 9.18. The Morgan fingerprint density at radius 3 is 2.80 bits per heavy atom. The summed E-state index contributed by atoms with van der Waals surface area (Å²) in [5.74, 6) is 0.716. The van der Waals surface area contributed by atoms with Crippen LogP contribution in [0.5, 0.6) is 0 Å². The number of aryl methyl sites for hydroxylation is 1. The zero-order chi connectivity index (χ0) is 17.6. The molecule has 0 spiro atoms. The molecule has 0 saturated carbocycles. The summed E-state index contributed by atoms with van der Waals surface area (Å²) in [6.07, 6.45) is 4.82. The van der Waals surface area contributed by atoms with Crippen LogP contribution in [0.15, 0.2) is 30.5 Å². The highest BCUT2D eigenvalue weighted by molar-refractivity contribution is 5.89. The van der Waals surface area contributed by atoms with Gasteiger partial charge in [0.15, 0.2) is 0 Å². The second-order valence-electron chi connectivity index (χ2n) is 7.04. The Kier molecular flexibility index (Phi) is 6.10. The number of piperidine rings is 1. The van der Waals surface area contributed by atoms with Crippen LogP contribution in [0.1, 0.15) is 18.4 Å². The molecule has 0 atom stereocenters. The van der Waals surface area contributed by atoms with Gasteiger partial charge in [-0.3, -0.25) is 4.79 Å². The van der Waals surface area contributed by atoms with Crippen LogP contribution in [0.3, 0.4) is 0 Å². The van der Waals surface area contributed by atoms with Gasteiger partial charge in [0.05, 0.1) is 13.0 Å². The standard InChI is InChI=1S/C20H29N3O2/c1-22-15-17(18-5-3-4-6-19(18)22)13-20(24)21-14-16-7-9-23(10-8-16)11-12-25-2/h3-6,15-16H,7-14H2,1-2H3,(H,21,24). The molecule has 0 unspecified atom stereocenters. The van der Waals surface area contributed by atoms with Crippen LogP contribution in [-0.4, -0.2) is 55.3 Å². The Hall–Kier alpha value is -1.85. The number of rotatable bonds is 7. The lowest BCUT2D eigenvalue weighted by Crippen LogP contribution is -2.40. The van der Waals surface area contributed by atoms with Gasteiger partial charge in [0, 0.05) is 44.3 Å². The molecule has 1 saturated heterocycles. The second-order valence-corrected chi connectivity index (χ2v) is 7.04. The average molecular weight is 343 g/mol. The number of methoxy groups -OCH3 is 1. The van der Waals surface area contributed by atoms with Crippen LogP contribution in [0.25, 0.3) is 10.9 Å². The number of ether oxygens (including phenoxy) is 1. The van der Waals surface area contributed by atoms with Gasteiger partial charge in [-0.05, 0) is 43.5 Å². The summed E-state index contributed by atoms with van der Waals surface area (Å²) in [5, 5.41) is 4.31. The van der Waals surface area contributed by atoms with Crippen LogP contribution < -0.4 is 5.32 Å². The van der Waals surface area contributed by atoms with Crippen molar-refractivity contribution in [3.8, 4) is 0 Å². The molecule has 1 aromatic carbocycles. The maximum absolute atomic E-state index is 12.4. The smallest absolute Gasteiger partial charge is 0.224 e. The molecule has 1 amide bonds. The van der Waals surface area contributed by atoms with Gasteiger partial charge in [0.1, 0.15) is 0 Å². The lowest BCUT2D eigenvalue weighted by atomic mass is 9.96. The summed E-state index contributed by atoms with van der Waals surface area (Å²) in [6, 6.07) is 8.24. The molecule has 25 heavy (non-hydrogen) atoms. The Balaban J connectivity index is 1.46. The number of fused-ring (bicyclic) bond motifs is 1. The van der Waals surface area contributed by atoms with Gasteiger partial charge >= 0.3 is 0 Å². The zero-order valence-corrected chi connectivity index (χ0v) is 15.3. The van der Waals surface area contributed by atoms with Crippen molar-refractivity contribution in [2.75, 3.05) is 39.9 Å². The van der Waals surface area contributed by atoms with Gasteiger partial charge in [-0.1, -0.05) is 18.2 Å². The van der Waals surface area contributed by atoms with Crippen LogP contribution in [0, 0.1) is 5.92 Å². The number of amides is 1. The van der Waals surface area contributed by atoms with Gasteiger partial charge in [0.2, 0.25) is 5.91 Å². The molecule has 2 heterocycles. The van der Waals surface area contributed by atoms with E-state index in [2.05, 4.69) is 33.1 Å². The molecule has 1 fully saturated rings. The molecule has 0 aliphatic carbocycles. The number of para-hydroxylation sites is 1.